The maximum atomic E-state index is 14.4. The molecule has 0 radical (unpaired) electrons. The van der Waals surface area contributed by atoms with Crippen molar-refractivity contribution >= 4 is 23.6 Å². The number of halogens is 3. The Hall–Kier alpha value is -2.20. The van der Waals surface area contributed by atoms with E-state index >= 15 is 0 Å². The molecule has 0 bridgehead atoms. The molecule has 0 aromatic heterocycles. The minimum atomic E-state index is -0.936. The highest BCUT2D eigenvalue weighted by atomic mass is 35.5. The average molecular weight is 348 g/mol. The van der Waals surface area contributed by atoms with Crippen LogP contribution in [0.4, 0.5) is 8.78 Å². The number of nitrogens with one attached hydrogen (secondary N) is 1. The van der Waals surface area contributed by atoms with E-state index in [2.05, 4.69) is 5.32 Å². The molecule has 0 atom stereocenters. The highest BCUT2D eigenvalue weighted by Crippen LogP contribution is 2.33. The van der Waals surface area contributed by atoms with Crippen LogP contribution in [0.25, 0.3) is 17.2 Å². The van der Waals surface area contributed by atoms with Crippen molar-refractivity contribution in [1.82, 2.24) is 5.32 Å². The molecule has 1 amide bonds. The minimum absolute atomic E-state index is 0.154. The first kappa shape index (κ1) is 16.7. The van der Waals surface area contributed by atoms with Gasteiger partial charge in [-0.15, -0.1) is 0 Å². The zero-order valence-electron chi connectivity index (χ0n) is 13.1. The first-order valence-electron chi connectivity index (χ1n) is 7.70. The van der Waals surface area contributed by atoms with Crippen LogP contribution in [-0.4, -0.2) is 12.5 Å². The van der Waals surface area contributed by atoms with Gasteiger partial charge < -0.3 is 5.32 Å². The van der Waals surface area contributed by atoms with E-state index in [1.807, 2.05) is 0 Å². The van der Waals surface area contributed by atoms with Gasteiger partial charge in [-0.2, -0.15) is 0 Å². The zero-order valence-corrected chi connectivity index (χ0v) is 13.9. The highest BCUT2D eigenvalue weighted by molar-refractivity contribution is 6.30. The van der Waals surface area contributed by atoms with Gasteiger partial charge in [0.1, 0.15) is 0 Å². The lowest BCUT2D eigenvalue weighted by Gasteiger charge is -2.16. The third kappa shape index (κ3) is 3.20. The molecule has 2 nitrogen and oxygen atoms in total. The number of amides is 1. The van der Waals surface area contributed by atoms with Gasteiger partial charge in [0.25, 0.3) is 0 Å². The maximum absolute atomic E-state index is 14.4. The Morgan fingerprint density at radius 2 is 1.92 bits per heavy atom. The second kappa shape index (κ2) is 6.73. The third-order valence-electron chi connectivity index (χ3n) is 4.18. The Morgan fingerprint density at radius 3 is 2.58 bits per heavy atom. The Bertz CT molecular complexity index is 828. The highest BCUT2D eigenvalue weighted by Gasteiger charge is 2.19. The van der Waals surface area contributed by atoms with Crippen LogP contribution in [-0.2, 0) is 4.79 Å². The number of rotatable bonds is 2. The number of piperidine rings is 1. The van der Waals surface area contributed by atoms with Crippen LogP contribution >= 0.6 is 11.6 Å². The van der Waals surface area contributed by atoms with Gasteiger partial charge in [0, 0.05) is 22.7 Å². The lowest BCUT2D eigenvalue weighted by Crippen LogP contribution is -2.30. The van der Waals surface area contributed by atoms with E-state index in [9.17, 15) is 13.6 Å². The molecule has 1 aliphatic rings. The summed E-state index contributed by atoms with van der Waals surface area (Å²) >= 11 is 5.86. The van der Waals surface area contributed by atoms with Crippen LogP contribution in [0.15, 0.2) is 35.9 Å². The summed E-state index contributed by atoms with van der Waals surface area (Å²) in [6.45, 7) is 2.36. The van der Waals surface area contributed by atoms with E-state index in [-0.39, 0.29) is 11.5 Å². The molecule has 3 rings (SSSR count). The molecule has 0 saturated carbocycles. The van der Waals surface area contributed by atoms with Gasteiger partial charge in [-0.3, -0.25) is 4.79 Å². The van der Waals surface area contributed by atoms with Crippen LogP contribution in [0.1, 0.15) is 24.0 Å². The summed E-state index contributed by atoms with van der Waals surface area (Å²) in [6.07, 6.45) is 3.11. The van der Waals surface area contributed by atoms with Crippen molar-refractivity contribution in [2.75, 3.05) is 6.54 Å². The molecule has 1 heterocycles. The fourth-order valence-electron chi connectivity index (χ4n) is 2.88. The van der Waals surface area contributed by atoms with Crippen molar-refractivity contribution in [2.24, 2.45) is 0 Å². The average Bonchev–Trinajstić information content (AvgIpc) is 2.56. The predicted molar refractivity (Wildman–Crippen MR) is 91.8 cm³/mol. The zero-order chi connectivity index (χ0) is 17.3. The Kier molecular flexibility index (Phi) is 4.67. The van der Waals surface area contributed by atoms with Crippen molar-refractivity contribution in [3.8, 4) is 11.1 Å². The van der Waals surface area contributed by atoms with Gasteiger partial charge in [0.05, 0.1) is 0 Å². The fraction of sp³-hybridized carbons (Fsp3) is 0.211. The van der Waals surface area contributed by atoms with Crippen molar-refractivity contribution in [2.45, 2.75) is 19.8 Å². The SMILES string of the molecule is Cc1c(/C=C2\CCCNC2=O)cc(F)c(F)c1-c1ccc(Cl)cc1. The van der Waals surface area contributed by atoms with Gasteiger partial charge in [0.2, 0.25) is 5.91 Å². The van der Waals surface area contributed by atoms with Crippen molar-refractivity contribution < 1.29 is 13.6 Å². The Labute approximate surface area is 144 Å². The molecule has 0 spiro atoms. The topological polar surface area (TPSA) is 29.1 Å². The van der Waals surface area contributed by atoms with Crippen molar-refractivity contribution in [1.29, 1.82) is 0 Å². The summed E-state index contributed by atoms with van der Waals surface area (Å²) in [5.41, 5.74) is 2.40. The largest absolute Gasteiger partial charge is 0.352 e. The van der Waals surface area contributed by atoms with Gasteiger partial charge in [-0.25, -0.2) is 8.78 Å². The van der Waals surface area contributed by atoms with Gasteiger partial charge in [0.15, 0.2) is 11.6 Å². The van der Waals surface area contributed by atoms with Crippen LogP contribution < -0.4 is 5.32 Å². The minimum Gasteiger partial charge on any atom is -0.352 e. The van der Waals surface area contributed by atoms with E-state index in [1.54, 1.807) is 37.3 Å². The smallest absolute Gasteiger partial charge is 0.247 e. The molecular weight excluding hydrogens is 332 g/mol. The van der Waals surface area contributed by atoms with E-state index in [4.69, 9.17) is 11.6 Å². The molecule has 2 aromatic carbocycles. The van der Waals surface area contributed by atoms with Crippen molar-refractivity contribution in [3.63, 3.8) is 0 Å². The fourth-order valence-corrected chi connectivity index (χ4v) is 3.01. The number of benzene rings is 2. The summed E-state index contributed by atoms with van der Waals surface area (Å²) in [5.74, 6) is -1.99. The van der Waals surface area contributed by atoms with E-state index in [0.29, 0.717) is 40.3 Å². The summed E-state index contributed by atoms with van der Waals surface area (Å²) in [7, 11) is 0. The van der Waals surface area contributed by atoms with Crippen LogP contribution in [0, 0.1) is 18.6 Å². The second-order valence-corrected chi connectivity index (χ2v) is 6.23. The van der Waals surface area contributed by atoms with E-state index in [0.717, 1.165) is 12.5 Å². The quantitative estimate of drug-likeness (QED) is 0.770. The van der Waals surface area contributed by atoms with Crippen LogP contribution in [0.2, 0.25) is 5.02 Å². The molecule has 1 aliphatic heterocycles. The Balaban J connectivity index is 2.14. The lowest BCUT2D eigenvalue weighted by molar-refractivity contribution is -0.118. The van der Waals surface area contributed by atoms with Crippen LogP contribution in [0.3, 0.4) is 0 Å². The maximum Gasteiger partial charge on any atom is 0.247 e. The standard InChI is InChI=1S/C19H16ClF2NO/c1-11-14(9-13-3-2-8-23-19(13)24)10-16(21)18(22)17(11)12-4-6-15(20)7-5-12/h4-7,9-10H,2-3,8H2,1H3,(H,23,24)/b13-9+. The lowest BCUT2D eigenvalue weighted by atomic mass is 9.93. The summed E-state index contributed by atoms with van der Waals surface area (Å²) in [4.78, 5) is 11.9. The molecule has 1 fully saturated rings. The van der Waals surface area contributed by atoms with Gasteiger partial charge in [-0.1, -0.05) is 23.7 Å². The molecule has 2 aromatic rings. The Morgan fingerprint density at radius 1 is 1.21 bits per heavy atom. The van der Waals surface area contributed by atoms with E-state index in [1.165, 1.54) is 0 Å². The molecule has 5 heteroatoms. The molecular formula is C19H16ClF2NO. The third-order valence-corrected chi connectivity index (χ3v) is 4.43. The normalized spacial score (nSPS) is 16.3. The molecule has 1 N–H and O–H groups in total. The van der Waals surface area contributed by atoms with Gasteiger partial charge >= 0.3 is 0 Å². The first-order chi connectivity index (χ1) is 11.5. The molecule has 1 saturated heterocycles. The van der Waals surface area contributed by atoms with Gasteiger partial charge in [-0.05, 0) is 60.7 Å². The van der Waals surface area contributed by atoms with Crippen LogP contribution in [0.5, 0.6) is 0 Å². The first-order valence-corrected chi connectivity index (χ1v) is 8.08. The molecule has 0 unspecified atom stereocenters. The monoisotopic (exact) mass is 347 g/mol. The summed E-state index contributed by atoms with van der Waals surface area (Å²) in [6, 6.07) is 7.70. The molecule has 124 valence electrons. The molecule has 0 aliphatic carbocycles. The van der Waals surface area contributed by atoms with Crippen molar-refractivity contribution in [3.05, 3.63) is 63.7 Å². The number of carbonyl (C=O) groups excluding carboxylic acids is 1. The second-order valence-electron chi connectivity index (χ2n) is 5.80. The molecule has 24 heavy (non-hydrogen) atoms. The predicted octanol–water partition coefficient (Wildman–Crippen LogP) is 4.89. The number of hydrogen-bond acceptors (Lipinski definition) is 1. The summed E-state index contributed by atoms with van der Waals surface area (Å²) < 4.78 is 28.5. The van der Waals surface area contributed by atoms with E-state index < -0.39 is 11.6 Å². The summed E-state index contributed by atoms with van der Waals surface area (Å²) in [5, 5.41) is 3.28. The number of hydrogen-bond donors (Lipinski definition) is 1. The number of carbonyl (C=O) groups is 1.